The fourth-order valence-electron chi connectivity index (χ4n) is 2.12. The van der Waals surface area contributed by atoms with Crippen molar-refractivity contribution in [3.05, 3.63) is 59.9 Å². The zero-order valence-electron chi connectivity index (χ0n) is 11.3. The van der Waals surface area contributed by atoms with Gasteiger partial charge >= 0.3 is 0 Å². The van der Waals surface area contributed by atoms with Crippen molar-refractivity contribution in [3.8, 4) is 0 Å². The summed E-state index contributed by atoms with van der Waals surface area (Å²) in [6.45, 7) is 4.78. The average molecular weight is 258 g/mol. The van der Waals surface area contributed by atoms with Gasteiger partial charge in [-0.2, -0.15) is 0 Å². The Morgan fingerprint density at radius 1 is 1.11 bits per heavy atom. The van der Waals surface area contributed by atoms with Crippen LogP contribution in [0.2, 0.25) is 0 Å². The van der Waals surface area contributed by atoms with Gasteiger partial charge in [-0.1, -0.05) is 18.2 Å². The minimum atomic E-state index is -0.219. The van der Waals surface area contributed by atoms with Crippen molar-refractivity contribution >= 4 is 11.4 Å². The third kappa shape index (κ3) is 3.12. The zero-order chi connectivity index (χ0) is 13.8. The Kier molecular flexibility index (Phi) is 4.17. The Morgan fingerprint density at radius 3 is 2.32 bits per heavy atom. The third-order valence-corrected chi connectivity index (χ3v) is 3.17. The first-order valence-electron chi connectivity index (χ1n) is 6.50. The Labute approximate surface area is 113 Å². The van der Waals surface area contributed by atoms with E-state index in [1.165, 1.54) is 6.07 Å². The van der Waals surface area contributed by atoms with Gasteiger partial charge in [0.15, 0.2) is 0 Å². The molecule has 2 N–H and O–H groups in total. The van der Waals surface area contributed by atoms with Crippen LogP contribution in [0.4, 0.5) is 15.8 Å². The van der Waals surface area contributed by atoms with Crippen LogP contribution >= 0.6 is 0 Å². The van der Waals surface area contributed by atoms with Crippen LogP contribution in [-0.2, 0) is 0 Å². The predicted octanol–water partition coefficient (Wildman–Crippen LogP) is 4.00. The lowest BCUT2D eigenvalue weighted by molar-refractivity contribution is 0.627. The SMILES string of the molecule is CCN(c1ccc(C(C)N)cc1)c1cccc(F)c1. The van der Waals surface area contributed by atoms with Crippen LogP contribution in [0.15, 0.2) is 48.5 Å². The Balaban J connectivity index is 2.31. The normalized spacial score (nSPS) is 12.2. The lowest BCUT2D eigenvalue weighted by Gasteiger charge is -2.23. The van der Waals surface area contributed by atoms with Crippen LogP contribution in [0.1, 0.15) is 25.5 Å². The number of nitrogens with two attached hydrogens (primary N) is 1. The molecule has 0 bridgehead atoms. The molecule has 2 aromatic carbocycles. The minimum absolute atomic E-state index is 0.0262. The Bertz CT molecular complexity index is 535. The van der Waals surface area contributed by atoms with Gasteiger partial charge in [-0.15, -0.1) is 0 Å². The zero-order valence-corrected chi connectivity index (χ0v) is 11.3. The molecule has 0 fully saturated rings. The number of hydrogen-bond donors (Lipinski definition) is 1. The molecule has 100 valence electrons. The van der Waals surface area contributed by atoms with Crippen LogP contribution < -0.4 is 10.6 Å². The highest BCUT2D eigenvalue weighted by molar-refractivity contribution is 5.63. The molecular weight excluding hydrogens is 239 g/mol. The maximum atomic E-state index is 13.3. The summed E-state index contributed by atoms with van der Waals surface area (Å²) in [4.78, 5) is 2.06. The molecule has 0 aliphatic rings. The molecule has 0 spiro atoms. The van der Waals surface area contributed by atoms with Gasteiger partial charge in [-0.3, -0.25) is 0 Å². The second-order valence-electron chi connectivity index (χ2n) is 4.60. The molecule has 2 aromatic rings. The van der Waals surface area contributed by atoms with Crippen LogP contribution in [-0.4, -0.2) is 6.54 Å². The molecule has 0 saturated heterocycles. The largest absolute Gasteiger partial charge is 0.342 e. The summed E-state index contributed by atoms with van der Waals surface area (Å²) >= 11 is 0. The number of nitrogens with zero attached hydrogens (tertiary/aromatic N) is 1. The first-order chi connectivity index (χ1) is 9.11. The standard InChI is InChI=1S/C16H19FN2/c1-3-19(16-6-4-5-14(17)11-16)15-9-7-13(8-10-15)12(2)18/h4-12H,3,18H2,1-2H3. The van der Waals surface area contributed by atoms with Crippen molar-refractivity contribution in [3.63, 3.8) is 0 Å². The first-order valence-corrected chi connectivity index (χ1v) is 6.50. The minimum Gasteiger partial charge on any atom is -0.342 e. The molecule has 0 radical (unpaired) electrons. The van der Waals surface area contributed by atoms with Gasteiger partial charge < -0.3 is 10.6 Å². The number of halogens is 1. The van der Waals surface area contributed by atoms with Crippen LogP contribution in [0.3, 0.4) is 0 Å². The summed E-state index contributed by atoms with van der Waals surface area (Å²) in [5, 5.41) is 0. The fraction of sp³-hybridized carbons (Fsp3) is 0.250. The number of anilines is 2. The van der Waals surface area contributed by atoms with Crippen molar-refractivity contribution in [1.29, 1.82) is 0 Å². The maximum Gasteiger partial charge on any atom is 0.125 e. The van der Waals surface area contributed by atoms with Crippen LogP contribution in [0.5, 0.6) is 0 Å². The summed E-state index contributed by atoms with van der Waals surface area (Å²) in [7, 11) is 0. The highest BCUT2D eigenvalue weighted by Gasteiger charge is 2.08. The second kappa shape index (κ2) is 5.85. The van der Waals surface area contributed by atoms with Gasteiger partial charge in [0.2, 0.25) is 0 Å². The lowest BCUT2D eigenvalue weighted by Crippen LogP contribution is -2.16. The van der Waals surface area contributed by atoms with E-state index in [9.17, 15) is 4.39 Å². The summed E-state index contributed by atoms with van der Waals surface area (Å²) in [6.07, 6.45) is 0. The van der Waals surface area contributed by atoms with E-state index < -0.39 is 0 Å². The molecule has 0 amide bonds. The van der Waals surface area contributed by atoms with Gasteiger partial charge in [-0.25, -0.2) is 4.39 Å². The number of rotatable bonds is 4. The molecule has 0 aromatic heterocycles. The number of hydrogen-bond acceptors (Lipinski definition) is 2. The fourth-order valence-corrected chi connectivity index (χ4v) is 2.12. The van der Waals surface area contributed by atoms with Gasteiger partial charge in [0.05, 0.1) is 0 Å². The van der Waals surface area contributed by atoms with E-state index in [4.69, 9.17) is 5.73 Å². The van der Waals surface area contributed by atoms with Crippen molar-refractivity contribution in [1.82, 2.24) is 0 Å². The van der Waals surface area contributed by atoms with Crippen molar-refractivity contribution in [2.45, 2.75) is 19.9 Å². The summed E-state index contributed by atoms with van der Waals surface area (Å²) in [5.41, 5.74) is 8.83. The van der Waals surface area contributed by atoms with E-state index >= 15 is 0 Å². The lowest BCUT2D eigenvalue weighted by atomic mass is 10.1. The van der Waals surface area contributed by atoms with Crippen molar-refractivity contribution in [2.24, 2.45) is 5.73 Å². The van der Waals surface area contributed by atoms with Crippen molar-refractivity contribution < 1.29 is 4.39 Å². The summed E-state index contributed by atoms with van der Waals surface area (Å²) in [5.74, 6) is -0.219. The highest BCUT2D eigenvalue weighted by Crippen LogP contribution is 2.26. The Hall–Kier alpha value is -1.87. The van der Waals surface area contributed by atoms with Gasteiger partial charge in [0, 0.05) is 24.0 Å². The smallest absolute Gasteiger partial charge is 0.125 e. The molecule has 0 saturated carbocycles. The van der Waals surface area contributed by atoms with Gasteiger partial charge in [-0.05, 0) is 49.7 Å². The average Bonchev–Trinajstić information content (AvgIpc) is 2.40. The molecule has 19 heavy (non-hydrogen) atoms. The molecule has 2 rings (SSSR count). The van der Waals surface area contributed by atoms with E-state index in [1.807, 2.05) is 44.2 Å². The molecule has 0 aliphatic carbocycles. The predicted molar refractivity (Wildman–Crippen MR) is 78.1 cm³/mol. The van der Waals surface area contributed by atoms with Gasteiger partial charge in [0.1, 0.15) is 5.82 Å². The van der Waals surface area contributed by atoms with E-state index in [-0.39, 0.29) is 11.9 Å². The molecule has 3 heteroatoms. The third-order valence-electron chi connectivity index (χ3n) is 3.17. The first kappa shape index (κ1) is 13.6. The summed E-state index contributed by atoms with van der Waals surface area (Å²) < 4.78 is 13.3. The monoisotopic (exact) mass is 258 g/mol. The van der Waals surface area contributed by atoms with Crippen LogP contribution in [0, 0.1) is 5.82 Å². The van der Waals surface area contributed by atoms with E-state index in [1.54, 1.807) is 12.1 Å². The molecule has 0 aliphatic heterocycles. The quantitative estimate of drug-likeness (QED) is 0.898. The summed E-state index contributed by atoms with van der Waals surface area (Å²) in [6, 6.07) is 14.7. The number of benzene rings is 2. The van der Waals surface area contributed by atoms with Gasteiger partial charge in [0.25, 0.3) is 0 Å². The van der Waals surface area contributed by atoms with E-state index in [0.717, 1.165) is 23.5 Å². The highest BCUT2D eigenvalue weighted by atomic mass is 19.1. The second-order valence-corrected chi connectivity index (χ2v) is 4.60. The molecule has 1 unspecified atom stereocenters. The van der Waals surface area contributed by atoms with E-state index in [0.29, 0.717) is 0 Å². The van der Waals surface area contributed by atoms with Crippen LogP contribution in [0.25, 0.3) is 0 Å². The maximum absolute atomic E-state index is 13.3. The Morgan fingerprint density at radius 2 is 1.79 bits per heavy atom. The molecule has 0 heterocycles. The molecule has 1 atom stereocenters. The molecule has 2 nitrogen and oxygen atoms in total. The van der Waals surface area contributed by atoms with E-state index in [2.05, 4.69) is 4.90 Å². The van der Waals surface area contributed by atoms with Crippen molar-refractivity contribution in [2.75, 3.05) is 11.4 Å². The topological polar surface area (TPSA) is 29.3 Å². The molecular formula is C16H19FN2.